The average Bonchev–Trinajstić information content (AvgIpc) is 2.40. The zero-order chi connectivity index (χ0) is 11.3. The van der Waals surface area contributed by atoms with E-state index in [1.165, 1.54) is 24.3 Å². The van der Waals surface area contributed by atoms with Crippen LogP contribution in [0.5, 0.6) is 0 Å². The maximum Gasteiger partial charge on any atom is 0.426 e. The van der Waals surface area contributed by atoms with Crippen molar-refractivity contribution in [2.45, 2.75) is 11.8 Å². The first-order chi connectivity index (χ1) is 6.87. The Morgan fingerprint density at radius 2 is 1.80 bits per heavy atom. The van der Waals surface area contributed by atoms with E-state index in [0.29, 0.717) is 5.56 Å². The van der Waals surface area contributed by atoms with E-state index in [2.05, 4.69) is 15.9 Å². The van der Waals surface area contributed by atoms with Crippen molar-refractivity contribution in [3.63, 3.8) is 0 Å². The molecule has 1 N–H and O–H groups in total. The zero-order valence-corrected chi connectivity index (χ0v) is 8.93. The van der Waals surface area contributed by atoms with Crippen molar-refractivity contribution in [1.82, 2.24) is 0 Å². The highest BCUT2D eigenvalue weighted by molar-refractivity contribution is 9.11. The zero-order valence-electron chi connectivity index (χ0n) is 7.35. The van der Waals surface area contributed by atoms with Crippen LogP contribution in [0, 0.1) is 0 Å². The molecule has 0 saturated heterocycles. The van der Waals surface area contributed by atoms with Crippen LogP contribution in [0.1, 0.15) is 11.1 Å². The summed E-state index contributed by atoms with van der Waals surface area (Å²) in [6, 6.07) is 5.89. The van der Waals surface area contributed by atoms with Gasteiger partial charge < -0.3 is 5.11 Å². The average molecular weight is 279 g/mol. The van der Waals surface area contributed by atoms with Crippen LogP contribution in [0.2, 0.25) is 0 Å². The van der Waals surface area contributed by atoms with Gasteiger partial charge in [0.1, 0.15) is 0 Å². The SMILES string of the molecule is OC1(C(F)(F)F)C(Br)=Cc2ccccc21. The molecule has 1 unspecified atom stereocenters. The Hall–Kier alpha value is -0.810. The van der Waals surface area contributed by atoms with E-state index in [1.807, 2.05) is 0 Å². The Labute approximate surface area is 92.4 Å². The second-order valence-electron chi connectivity index (χ2n) is 3.29. The molecule has 0 fully saturated rings. The van der Waals surface area contributed by atoms with Gasteiger partial charge in [-0.25, -0.2) is 0 Å². The van der Waals surface area contributed by atoms with Gasteiger partial charge in [-0.05, 0) is 11.6 Å². The predicted octanol–water partition coefficient (Wildman–Crippen LogP) is 3.19. The van der Waals surface area contributed by atoms with Crippen LogP contribution in [-0.2, 0) is 5.60 Å². The molecule has 5 heteroatoms. The molecule has 1 aromatic carbocycles. The summed E-state index contributed by atoms with van der Waals surface area (Å²) >= 11 is 2.77. The van der Waals surface area contributed by atoms with Crippen LogP contribution >= 0.6 is 15.9 Å². The Kier molecular flexibility index (Phi) is 2.20. The molecule has 0 amide bonds. The third kappa shape index (κ3) is 1.33. The molecular formula is C10H6BrF3O. The highest BCUT2D eigenvalue weighted by Crippen LogP contribution is 2.52. The number of rotatable bonds is 0. The first kappa shape index (κ1) is 10.7. The third-order valence-electron chi connectivity index (χ3n) is 2.39. The number of halogens is 4. The Balaban J connectivity index is 2.67. The fourth-order valence-electron chi connectivity index (χ4n) is 1.61. The Morgan fingerprint density at radius 3 is 2.40 bits per heavy atom. The van der Waals surface area contributed by atoms with Gasteiger partial charge in [0, 0.05) is 10.0 Å². The van der Waals surface area contributed by atoms with Gasteiger partial charge in [0.15, 0.2) is 0 Å². The Morgan fingerprint density at radius 1 is 1.20 bits per heavy atom. The minimum absolute atomic E-state index is 0.135. The molecule has 0 aromatic heterocycles. The highest BCUT2D eigenvalue weighted by atomic mass is 79.9. The number of hydrogen-bond donors (Lipinski definition) is 1. The molecule has 0 bridgehead atoms. The lowest BCUT2D eigenvalue weighted by molar-refractivity contribution is -0.245. The maximum absolute atomic E-state index is 12.8. The van der Waals surface area contributed by atoms with Crippen molar-refractivity contribution in [1.29, 1.82) is 0 Å². The van der Waals surface area contributed by atoms with Crippen LogP contribution in [0.3, 0.4) is 0 Å². The first-order valence-corrected chi connectivity index (χ1v) is 4.93. The van der Waals surface area contributed by atoms with E-state index in [1.54, 1.807) is 6.07 Å². The van der Waals surface area contributed by atoms with Gasteiger partial charge in [0.05, 0.1) is 0 Å². The normalized spacial score (nSPS) is 25.0. The van der Waals surface area contributed by atoms with Gasteiger partial charge in [0.25, 0.3) is 0 Å². The summed E-state index contributed by atoms with van der Waals surface area (Å²) in [5, 5.41) is 9.71. The van der Waals surface area contributed by atoms with Crippen molar-refractivity contribution >= 4 is 22.0 Å². The second kappa shape index (κ2) is 3.09. The highest BCUT2D eigenvalue weighted by Gasteiger charge is 2.59. The lowest BCUT2D eigenvalue weighted by Gasteiger charge is -2.27. The lowest BCUT2D eigenvalue weighted by Crippen LogP contribution is -2.41. The molecule has 80 valence electrons. The third-order valence-corrected chi connectivity index (χ3v) is 3.19. The molecule has 1 aliphatic carbocycles. The minimum Gasteiger partial charge on any atom is -0.372 e. The number of benzene rings is 1. The minimum atomic E-state index is -4.73. The lowest BCUT2D eigenvalue weighted by atomic mass is 9.95. The number of hydrogen-bond acceptors (Lipinski definition) is 1. The molecule has 0 heterocycles. The fourth-order valence-corrected chi connectivity index (χ4v) is 2.30. The van der Waals surface area contributed by atoms with E-state index in [9.17, 15) is 18.3 Å². The molecule has 0 spiro atoms. The molecule has 1 aromatic rings. The standard InChI is InChI=1S/C10H6BrF3O/c11-8-5-6-3-1-2-4-7(6)9(8,15)10(12,13)14/h1-5,15H. The largest absolute Gasteiger partial charge is 0.426 e. The summed E-state index contributed by atoms with van der Waals surface area (Å²) in [5.74, 6) is 0. The van der Waals surface area contributed by atoms with Gasteiger partial charge >= 0.3 is 6.18 Å². The summed E-state index contributed by atoms with van der Waals surface area (Å²) in [6.07, 6.45) is -3.45. The summed E-state index contributed by atoms with van der Waals surface area (Å²) < 4.78 is 38.0. The summed E-state index contributed by atoms with van der Waals surface area (Å²) in [4.78, 5) is 0. The van der Waals surface area contributed by atoms with E-state index >= 15 is 0 Å². The summed E-state index contributed by atoms with van der Waals surface area (Å²) in [6.45, 7) is 0. The van der Waals surface area contributed by atoms with E-state index in [-0.39, 0.29) is 10.0 Å². The van der Waals surface area contributed by atoms with E-state index in [0.717, 1.165) is 0 Å². The molecule has 1 nitrogen and oxygen atoms in total. The van der Waals surface area contributed by atoms with Crippen LogP contribution < -0.4 is 0 Å². The molecule has 0 aliphatic heterocycles. The van der Waals surface area contributed by atoms with E-state index in [4.69, 9.17) is 0 Å². The quantitative estimate of drug-likeness (QED) is 0.773. The summed E-state index contributed by atoms with van der Waals surface area (Å²) in [5.41, 5.74) is -2.66. The van der Waals surface area contributed by atoms with Crippen molar-refractivity contribution < 1.29 is 18.3 Å². The van der Waals surface area contributed by atoms with Crippen molar-refractivity contribution in [2.24, 2.45) is 0 Å². The number of fused-ring (bicyclic) bond motifs is 1. The molecule has 1 aliphatic rings. The molecular weight excluding hydrogens is 273 g/mol. The molecule has 1 atom stereocenters. The monoisotopic (exact) mass is 278 g/mol. The van der Waals surface area contributed by atoms with Crippen LogP contribution in [-0.4, -0.2) is 11.3 Å². The number of alkyl halides is 3. The van der Waals surface area contributed by atoms with Gasteiger partial charge in [-0.2, -0.15) is 13.2 Å². The van der Waals surface area contributed by atoms with Crippen molar-refractivity contribution in [2.75, 3.05) is 0 Å². The van der Waals surface area contributed by atoms with Gasteiger partial charge in [-0.1, -0.05) is 40.2 Å². The smallest absolute Gasteiger partial charge is 0.372 e. The van der Waals surface area contributed by atoms with Gasteiger partial charge in [-0.15, -0.1) is 0 Å². The number of aliphatic hydroxyl groups is 1. The first-order valence-electron chi connectivity index (χ1n) is 4.13. The fraction of sp³-hybridized carbons (Fsp3) is 0.200. The van der Waals surface area contributed by atoms with Crippen molar-refractivity contribution in [3.05, 3.63) is 39.9 Å². The topological polar surface area (TPSA) is 20.2 Å². The Bertz CT molecular complexity index is 439. The summed E-state index contributed by atoms with van der Waals surface area (Å²) in [7, 11) is 0. The second-order valence-corrected chi connectivity index (χ2v) is 4.14. The van der Waals surface area contributed by atoms with Gasteiger partial charge in [-0.3, -0.25) is 0 Å². The predicted molar refractivity (Wildman–Crippen MR) is 53.3 cm³/mol. The molecule has 0 saturated carbocycles. The molecule has 2 rings (SSSR count). The van der Waals surface area contributed by atoms with E-state index < -0.39 is 11.8 Å². The molecule has 0 radical (unpaired) electrons. The van der Waals surface area contributed by atoms with Gasteiger partial charge in [0.2, 0.25) is 5.60 Å². The van der Waals surface area contributed by atoms with Crippen LogP contribution in [0.4, 0.5) is 13.2 Å². The molecule has 15 heavy (non-hydrogen) atoms. The van der Waals surface area contributed by atoms with Crippen LogP contribution in [0.15, 0.2) is 28.7 Å². The van der Waals surface area contributed by atoms with Crippen LogP contribution in [0.25, 0.3) is 6.08 Å². The maximum atomic E-state index is 12.8. The van der Waals surface area contributed by atoms with Crippen molar-refractivity contribution in [3.8, 4) is 0 Å².